The van der Waals surface area contributed by atoms with Crippen molar-refractivity contribution in [3.63, 3.8) is 0 Å². The van der Waals surface area contributed by atoms with Crippen LogP contribution in [0.3, 0.4) is 0 Å². The molecule has 4 unspecified atom stereocenters. The third-order valence-electron chi connectivity index (χ3n) is 5.20. The number of nitrogens with one attached hydrogen (secondary N) is 1. The molecule has 2 aliphatic heterocycles. The van der Waals surface area contributed by atoms with Crippen LogP contribution in [-0.4, -0.2) is 29.4 Å². The van der Waals surface area contributed by atoms with Crippen molar-refractivity contribution >= 4 is 0 Å². The topological polar surface area (TPSA) is 60.2 Å². The minimum Gasteiger partial charge on any atom is -0.381 e. The van der Waals surface area contributed by atoms with Gasteiger partial charge in [-0.05, 0) is 38.0 Å². The normalized spacial score (nSPS) is 37.8. The molecule has 5 heteroatoms. The van der Waals surface area contributed by atoms with Crippen LogP contribution in [0.15, 0.2) is 4.52 Å². The summed E-state index contributed by atoms with van der Waals surface area (Å²) in [5.74, 6) is 2.82. The maximum atomic E-state index is 5.52. The van der Waals surface area contributed by atoms with Crippen molar-refractivity contribution in [3.8, 4) is 0 Å². The second kappa shape index (κ2) is 5.45. The standard InChI is InChI=1S/C15H23N3O2/c1-2-4-12-10(3-1)5-6-13(16-12)15-17-14(18-20-15)11-7-8-19-9-11/h10-13,16H,1-9H2. The number of nitrogens with zero attached hydrogens (tertiary/aromatic N) is 2. The average Bonchev–Trinajstić information content (AvgIpc) is 3.17. The first kappa shape index (κ1) is 12.8. The number of piperidine rings is 1. The lowest BCUT2D eigenvalue weighted by molar-refractivity contribution is 0.158. The van der Waals surface area contributed by atoms with Gasteiger partial charge in [0.25, 0.3) is 0 Å². The lowest BCUT2D eigenvalue weighted by Gasteiger charge is -2.39. The summed E-state index contributed by atoms with van der Waals surface area (Å²) in [4.78, 5) is 4.63. The highest BCUT2D eigenvalue weighted by Gasteiger charge is 2.35. The van der Waals surface area contributed by atoms with Crippen molar-refractivity contribution in [2.24, 2.45) is 5.92 Å². The smallest absolute Gasteiger partial charge is 0.243 e. The van der Waals surface area contributed by atoms with Gasteiger partial charge in [0.1, 0.15) is 0 Å². The highest BCUT2D eigenvalue weighted by molar-refractivity contribution is 5.02. The van der Waals surface area contributed by atoms with Gasteiger partial charge in [0, 0.05) is 18.6 Å². The van der Waals surface area contributed by atoms with E-state index in [1.54, 1.807) is 0 Å². The van der Waals surface area contributed by atoms with Crippen molar-refractivity contribution in [1.82, 2.24) is 15.5 Å². The molecule has 3 fully saturated rings. The van der Waals surface area contributed by atoms with Gasteiger partial charge in [-0.15, -0.1) is 0 Å². The third-order valence-corrected chi connectivity index (χ3v) is 5.20. The van der Waals surface area contributed by atoms with E-state index in [1.165, 1.54) is 32.1 Å². The van der Waals surface area contributed by atoms with E-state index in [0.29, 0.717) is 12.0 Å². The van der Waals surface area contributed by atoms with E-state index in [-0.39, 0.29) is 6.04 Å². The minimum absolute atomic E-state index is 0.262. The second-order valence-electron chi connectivity index (χ2n) is 6.50. The maximum absolute atomic E-state index is 5.52. The SMILES string of the molecule is C1CCC2NC(c3nc(C4CCOC4)no3)CCC2C1. The number of rotatable bonds is 2. The molecule has 0 bridgehead atoms. The zero-order chi connectivity index (χ0) is 13.4. The fourth-order valence-corrected chi connectivity index (χ4v) is 3.98. The van der Waals surface area contributed by atoms with Crippen molar-refractivity contribution in [2.75, 3.05) is 13.2 Å². The fourth-order valence-electron chi connectivity index (χ4n) is 3.98. The van der Waals surface area contributed by atoms with E-state index < -0.39 is 0 Å². The Balaban J connectivity index is 1.45. The highest BCUT2D eigenvalue weighted by atomic mass is 16.5. The first-order valence-corrected chi connectivity index (χ1v) is 8.07. The summed E-state index contributed by atoms with van der Waals surface area (Å²) in [5, 5.41) is 7.92. The molecule has 5 nitrogen and oxygen atoms in total. The van der Waals surface area contributed by atoms with Crippen LogP contribution in [0.2, 0.25) is 0 Å². The van der Waals surface area contributed by atoms with Crippen molar-refractivity contribution in [3.05, 3.63) is 11.7 Å². The number of fused-ring (bicyclic) bond motifs is 1. The molecule has 1 saturated carbocycles. The van der Waals surface area contributed by atoms with E-state index in [9.17, 15) is 0 Å². The van der Waals surface area contributed by atoms with E-state index >= 15 is 0 Å². The van der Waals surface area contributed by atoms with E-state index in [2.05, 4.69) is 15.5 Å². The quantitative estimate of drug-likeness (QED) is 0.900. The average molecular weight is 277 g/mol. The lowest BCUT2D eigenvalue weighted by Crippen LogP contribution is -2.44. The molecule has 20 heavy (non-hydrogen) atoms. The Bertz CT molecular complexity index is 456. The van der Waals surface area contributed by atoms with Gasteiger partial charge in [-0.25, -0.2) is 0 Å². The van der Waals surface area contributed by atoms with Gasteiger partial charge < -0.3 is 14.6 Å². The predicted octanol–water partition coefficient (Wildman–Crippen LogP) is 2.56. The van der Waals surface area contributed by atoms with E-state index in [1.807, 2.05) is 0 Å². The largest absolute Gasteiger partial charge is 0.381 e. The Morgan fingerprint density at radius 3 is 2.90 bits per heavy atom. The van der Waals surface area contributed by atoms with Gasteiger partial charge in [-0.3, -0.25) is 0 Å². The van der Waals surface area contributed by atoms with Crippen LogP contribution < -0.4 is 5.32 Å². The molecule has 0 radical (unpaired) electrons. The maximum Gasteiger partial charge on any atom is 0.243 e. The molecular formula is C15H23N3O2. The second-order valence-corrected chi connectivity index (χ2v) is 6.50. The summed E-state index contributed by atoms with van der Waals surface area (Å²) in [5.41, 5.74) is 0. The number of hydrogen-bond donors (Lipinski definition) is 1. The Kier molecular flexibility index (Phi) is 3.48. The molecule has 1 aliphatic carbocycles. The highest BCUT2D eigenvalue weighted by Crippen LogP contribution is 2.36. The van der Waals surface area contributed by atoms with Gasteiger partial charge in [-0.2, -0.15) is 4.98 Å². The summed E-state index contributed by atoms with van der Waals surface area (Å²) < 4.78 is 10.9. The Labute approximate surface area is 119 Å². The fraction of sp³-hybridized carbons (Fsp3) is 0.867. The van der Waals surface area contributed by atoms with Gasteiger partial charge in [0.15, 0.2) is 5.82 Å². The van der Waals surface area contributed by atoms with Crippen molar-refractivity contribution < 1.29 is 9.26 Å². The van der Waals surface area contributed by atoms with Crippen LogP contribution >= 0.6 is 0 Å². The van der Waals surface area contributed by atoms with Crippen molar-refractivity contribution in [1.29, 1.82) is 0 Å². The molecule has 1 N–H and O–H groups in total. The number of ether oxygens (including phenoxy) is 1. The summed E-state index contributed by atoms with van der Waals surface area (Å²) in [6, 6.07) is 0.922. The summed E-state index contributed by atoms with van der Waals surface area (Å²) in [6.45, 7) is 1.56. The van der Waals surface area contributed by atoms with Gasteiger partial charge in [0.2, 0.25) is 5.89 Å². The molecule has 0 amide bonds. The molecule has 0 spiro atoms. The van der Waals surface area contributed by atoms with Crippen LogP contribution in [0.5, 0.6) is 0 Å². The molecule has 1 aromatic rings. The van der Waals surface area contributed by atoms with Gasteiger partial charge in [-0.1, -0.05) is 18.0 Å². The zero-order valence-electron chi connectivity index (χ0n) is 11.9. The molecule has 4 atom stereocenters. The molecular weight excluding hydrogens is 254 g/mol. The Morgan fingerprint density at radius 1 is 1.05 bits per heavy atom. The number of hydrogen-bond acceptors (Lipinski definition) is 5. The lowest BCUT2D eigenvalue weighted by atomic mass is 9.78. The first-order chi connectivity index (χ1) is 9.90. The van der Waals surface area contributed by atoms with E-state index in [0.717, 1.165) is 43.7 Å². The molecule has 4 rings (SSSR count). The zero-order valence-corrected chi connectivity index (χ0v) is 11.9. The van der Waals surface area contributed by atoms with Gasteiger partial charge in [0.05, 0.1) is 12.6 Å². The van der Waals surface area contributed by atoms with Crippen LogP contribution in [0.1, 0.15) is 68.6 Å². The molecule has 3 aliphatic rings. The Hall–Kier alpha value is -0.940. The van der Waals surface area contributed by atoms with Crippen LogP contribution in [0.25, 0.3) is 0 Å². The van der Waals surface area contributed by atoms with Gasteiger partial charge >= 0.3 is 0 Å². The number of aromatic nitrogens is 2. The first-order valence-electron chi connectivity index (χ1n) is 8.07. The molecule has 110 valence electrons. The molecule has 3 heterocycles. The monoisotopic (exact) mass is 277 g/mol. The summed E-state index contributed by atoms with van der Waals surface area (Å²) in [7, 11) is 0. The van der Waals surface area contributed by atoms with E-state index in [4.69, 9.17) is 9.26 Å². The summed E-state index contributed by atoms with van der Waals surface area (Å²) in [6.07, 6.45) is 8.89. The Morgan fingerprint density at radius 2 is 2.00 bits per heavy atom. The molecule has 1 aromatic heterocycles. The van der Waals surface area contributed by atoms with Crippen LogP contribution in [0, 0.1) is 5.92 Å². The molecule has 2 saturated heterocycles. The van der Waals surface area contributed by atoms with Crippen molar-refractivity contribution in [2.45, 2.75) is 62.9 Å². The third kappa shape index (κ3) is 2.37. The minimum atomic E-state index is 0.262. The molecule has 0 aromatic carbocycles. The summed E-state index contributed by atoms with van der Waals surface area (Å²) >= 11 is 0. The predicted molar refractivity (Wildman–Crippen MR) is 73.3 cm³/mol. The van der Waals surface area contributed by atoms with Crippen LogP contribution in [-0.2, 0) is 4.74 Å². The van der Waals surface area contributed by atoms with Crippen LogP contribution in [0.4, 0.5) is 0 Å².